The van der Waals surface area contributed by atoms with Crippen molar-refractivity contribution in [2.75, 3.05) is 36.6 Å². The molecule has 0 bridgehead atoms. The Morgan fingerprint density at radius 1 is 1.29 bits per heavy atom. The van der Waals surface area contributed by atoms with Crippen molar-refractivity contribution in [1.29, 1.82) is 0 Å². The fourth-order valence-corrected chi connectivity index (χ4v) is 3.06. The van der Waals surface area contributed by atoms with Gasteiger partial charge in [-0.15, -0.1) is 0 Å². The minimum absolute atomic E-state index is 0.0533. The lowest BCUT2D eigenvalue weighted by Crippen LogP contribution is -2.37. The Bertz CT molecular complexity index is 1040. The zero-order valence-electron chi connectivity index (χ0n) is 15.4. The van der Waals surface area contributed by atoms with Gasteiger partial charge in [0.15, 0.2) is 17.2 Å². The summed E-state index contributed by atoms with van der Waals surface area (Å²) in [7, 11) is 0. The van der Waals surface area contributed by atoms with E-state index in [1.807, 2.05) is 37.3 Å². The van der Waals surface area contributed by atoms with E-state index < -0.39 is 5.97 Å². The van der Waals surface area contributed by atoms with E-state index >= 15 is 0 Å². The first-order valence-electron chi connectivity index (χ1n) is 8.93. The summed E-state index contributed by atoms with van der Waals surface area (Å²) >= 11 is 0. The molecule has 0 radical (unpaired) electrons. The lowest BCUT2D eigenvalue weighted by molar-refractivity contribution is 0.0690. The number of carboxylic acids is 1. The van der Waals surface area contributed by atoms with Crippen LogP contribution in [0.1, 0.15) is 21.6 Å². The number of aryl methyl sites for hydroxylation is 1. The minimum atomic E-state index is -1.09. The van der Waals surface area contributed by atoms with Gasteiger partial charge < -0.3 is 14.7 Å². The molecule has 3 heterocycles. The summed E-state index contributed by atoms with van der Waals surface area (Å²) < 4.78 is 6.96. The second-order valence-electron chi connectivity index (χ2n) is 6.49. The maximum absolute atomic E-state index is 11.3. The number of hydrazone groups is 1. The molecule has 0 spiro atoms. The molecule has 0 amide bonds. The van der Waals surface area contributed by atoms with E-state index in [4.69, 9.17) is 4.74 Å². The third kappa shape index (κ3) is 3.79. The molecule has 1 aromatic carbocycles. The Morgan fingerprint density at radius 3 is 2.86 bits per heavy atom. The van der Waals surface area contributed by atoms with Crippen LogP contribution in [0.25, 0.3) is 5.65 Å². The van der Waals surface area contributed by atoms with E-state index in [9.17, 15) is 9.90 Å². The highest BCUT2D eigenvalue weighted by molar-refractivity contribution is 5.87. The smallest absolute Gasteiger partial charge is 0.356 e. The van der Waals surface area contributed by atoms with E-state index in [2.05, 4.69) is 25.5 Å². The summed E-state index contributed by atoms with van der Waals surface area (Å²) in [6.45, 7) is 4.60. The number of fused-ring (bicyclic) bond motifs is 1. The topological polar surface area (TPSA) is 104 Å². The van der Waals surface area contributed by atoms with E-state index in [1.54, 1.807) is 10.7 Å². The first-order chi connectivity index (χ1) is 13.6. The molecule has 0 atom stereocenters. The summed E-state index contributed by atoms with van der Waals surface area (Å²) in [6.07, 6.45) is 1.71. The second kappa shape index (κ2) is 7.65. The molecule has 9 heteroatoms. The second-order valence-corrected chi connectivity index (χ2v) is 6.49. The normalized spacial score (nSPS) is 14.7. The Kier molecular flexibility index (Phi) is 4.90. The molecule has 9 nitrogen and oxygen atoms in total. The van der Waals surface area contributed by atoms with Crippen LogP contribution in [-0.2, 0) is 4.74 Å². The van der Waals surface area contributed by atoms with Crippen LogP contribution >= 0.6 is 0 Å². The monoisotopic (exact) mass is 380 g/mol. The summed E-state index contributed by atoms with van der Waals surface area (Å²) in [6, 6.07) is 11.2. The number of nitrogens with one attached hydrogen (secondary N) is 1. The first kappa shape index (κ1) is 17.9. The van der Waals surface area contributed by atoms with Gasteiger partial charge in [-0.2, -0.15) is 14.7 Å². The van der Waals surface area contributed by atoms with Crippen LogP contribution < -0.4 is 10.3 Å². The van der Waals surface area contributed by atoms with Gasteiger partial charge in [-0.25, -0.2) is 9.78 Å². The lowest BCUT2D eigenvalue weighted by atomic mass is 10.2. The van der Waals surface area contributed by atoms with Gasteiger partial charge in [-0.3, -0.25) is 5.43 Å². The largest absolute Gasteiger partial charge is 0.476 e. The van der Waals surface area contributed by atoms with Gasteiger partial charge in [-0.05, 0) is 12.5 Å². The quantitative estimate of drug-likeness (QED) is 0.515. The molecule has 4 rings (SSSR count). The molecule has 144 valence electrons. The van der Waals surface area contributed by atoms with Gasteiger partial charge in [0.2, 0.25) is 0 Å². The molecule has 3 aromatic rings. The molecule has 0 aliphatic carbocycles. The molecule has 0 unspecified atom stereocenters. The van der Waals surface area contributed by atoms with E-state index in [1.165, 1.54) is 6.07 Å². The number of ether oxygens (including phenoxy) is 1. The standard InChI is InChI=1S/C19H20N6O3/c1-13-3-2-4-14(9-13)12-20-22-16-11-18(24-5-7-28-8-6-24)25-17(21-16)10-15(23-25)19(26)27/h2-4,9-12H,5-8H2,1H3,(H,21,22)(H,26,27). The van der Waals surface area contributed by atoms with Crippen molar-refractivity contribution < 1.29 is 14.6 Å². The van der Waals surface area contributed by atoms with E-state index in [-0.39, 0.29) is 5.69 Å². The van der Waals surface area contributed by atoms with Crippen molar-refractivity contribution in [1.82, 2.24) is 14.6 Å². The highest BCUT2D eigenvalue weighted by Crippen LogP contribution is 2.22. The summed E-state index contributed by atoms with van der Waals surface area (Å²) in [5.41, 5.74) is 5.44. The number of carbonyl (C=O) groups is 1. The zero-order valence-corrected chi connectivity index (χ0v) is 15.4. The first-order valence-corrected chi connectivity index (χ1v) is 8.93. The fraction of sp³-hybridized carbons (Fsp3) is 0.263. The highest BCUT2D eigenvalue weighted by atomic mass is 16.5. The predicted molar refractivity (Wildman–Crippen MR) is 105 cm³/mol. The van der Waals surface area contributed by atoms with Gasteiger partial charge in [0.1, 0.15) is 5.82 Å². The number of carboxylic acid groups (broad SMARTS) is 1. The molecular formula is C19H20N6O3. The number of benzene rings is 1. The van der Waals surface area contributed by atoms with Crippen molar-refractivity contribution in [3.8, 4) is 0 Å². The predicted octanol–water partition coefficient (Wildman–Crippen LogP) is 2.02. The van der Waals surface area contributed by atoms with E-state index in [0.29, 0.717) is 37.8 Å². The van der Waals surface area contributed by atoms with Crippen LogP contribution in [0.4, 0.5) is 11.6 Å². The number of aromatic nitrogens is 3. The maximum atomic E-state index is 11.3. The Morgan fingerprint density at radius 2 is 2.11 bits per heavy atom. The van der Waals surface area contributed by atoms with Crippen molar-refractivity contribution >= 4 is 29.5 Å². The minimum Gasteiger partial charge on any atom is -0.476 e. The van der Waals surface area contributed by atoms with Crippen molar-refractivity contribution in [3.05, 3.63) is 53.2 Å². The maximum Gasteiger partial charge on any atom is 0.356 e. The number of rotatable bonds is 5. The average molecular weight is 380 g/mol. The van der Waals surface area contributed by atoms with Gasteiger partial charge in [-0.1, -0.05) is 29.8 Å². The van der Waals surface area contributed by atoms with Crippen LogP contribution in [0.2, 0.25) is 0 Å². The summed E-state index contributed by atoms with van der Waals surface area (Å²) in [5, 5.41) is 17.7. The molecule has 2 aromatic heterocycles. The van der Waals surface area contributed by atoms with Gasteiger partial charge in [0.25, 0.3) is 0 Å². The fourth-order valence-electron chi connectivity index (χ4n) is 3.06. The number of aromatic carboxylic acids is 1. The Balaban J connectivity index is 1.66. The van der Waals surface area contributed by atoms with Gasteiger partial charge in [0, 0.05) is 25.2 Å². The molecule has 0 saturated carbocycles. The molecule has 1 aliphatic rings. The van der Waals surface area contributed by atoms with E-state index in [0.717, 1.165) is 16.9 Å². The van der Waals surface area contributed by atoms with Gasteiger partial charge >= 0.3 is 5.97 Å². The molecule has 28 heavy (non-hydrogen) atoms. The SMILES string of the molecule is Cc1cccc(C=NNc2cc(N3CCOCC3)n3nc(C(=O)O)cc3n2)c1. The number of morpholine rings is 1. The van der Waals surface area contributed by atoms with Crippen molar-refractivity contribution in [3.63, 3.8) is 0 Å². The average Bonchev–Trinajstić information content (AvgIpc) is 3.13. The van der Waals surface area contributed by atoms with Crippen molar-refractivity contribution in [2.24, 2.45) is 5.10 Å². The number of nitrogens with zero attached hydrogens (tertiary/aromatic N) is 5. The van der Waals surface area contributed by atoms with Crippen LogP contribution in [0.15, 0.2) is 41.5 Å². The summed E-state index contributed by atoms with van der Waals surface area (Å²) in [5.74, 6) is 0.161. The molecule has 1 aliphatic heterocycles. The molecule has 2 N–H and O–H groups in total. The molecular weight excluding hydrogens is 360 g/mol. The number of anilines is 2. The van der Waals surface area contributed by atoms with Crippen molar-refractivity contribution in [2.45, 2.75) is 6.92 Å². The summed E-state index contributed by atoms with van der Waals surface area (Å²) in [4.78, 5) is 17.8. The van der Waals surface area contributed by atoms with Crippen LogP contribution in [0.5, 0.6) is 0 Å². The zero-order chi connectivity index (χ0) is 19.5. The molecule has 1 saturated heterocycles. The lowest BCUT2D eigenvalue weighted by Gasteiger charge is -2.29. The Labute approximate surface area is 161 Å². The van der Waals surface area contributed by atoms with Crippen LogP contribution in [0.3, 0.4) is 0 Å². The van der Waals surface area contributed by atoms with Crippen LogP contribution in [0, 0.1) is 6.92 Å². The third-order valence-electron chi connectivity index (χ3n) is 4.40. The highest BCUT2D eigenvalue weighted by Gasteiger charge is 2.19. The third-order valence-corrected chi connectivity index (χ3v) is 4.40. The van der Waals surface area contributed by atoms with Crippen LogP contribution in [-0.4, -0.2) is 58.2 Å². The van der Waals surface area contributed by atoms with Gasteiger partial charge in [0.05, 0.1) is 19.4 Å². The molecule has 1 fully saturated rings. The number of hydrogen-bond donors (Lipinski definition) is 2. The number of hydrogen-bond acceptors (Lipinski definition) is 7. The Hall–Kier alpha value is -3.46.